The van der Waals surface area contributed by atoms with Gasteiger partial charge in [-0.25, -0.2) is 0 Å². The van der Waals surface area contributed by atoms with E-state index in [4.69, 9.17) is 4.74 Å². The molecule has 114 valence electrons. The van der Waals surface area contributed by atoms with E-state index in [1.54, 1.807) is 30.3 Å². The molecule has 3 nitrogen and oxygen atoms in total. The molecule has 21 heavy (non-hydrogen) atoms. The third-order valence-electron chi connectivity index (χ3n) is 3.50. The molecule has 2 atom stereocenters. The number of nitriles is 1. The monoisotopic (exact) mass is 298 g/mol. The van der Waals surface area contributed by atoms with Gasteiger partial charge in [-0.3, -0.25) is 5.32 Å². The predicted molar refractivity (Wildman–Crippen MR) is 71.4 cm³/mol. The van der Waals surface area contributed by atoms with Crippen LogP contribution in [0.15, 0.2) is 30.3 Å². The van der Waals surface area contributed by atoms with Crippen LogP contribution in [0.4, 0.5) is 13.2 Å². The van der Waals surface area contributed by atoms with E-state index in [1.165, 1.54) is 0 Å². The number of hydrogen-bond acceptors (Lipinski definition) is 3. The molecule has 1 N–H and O–H groups in total. The van der Waals surface area contributed by atoms with Crippen LogP contribution < -0.4 is 5.32 Å². The fourth-order valence-electron chi connectivity index (χ4n) is 1.98. The van der Waals surface area contributed by atoms with Crippen molar-refractivity contribution in [3.8, 4) is 6.07 Å². The number of nitrogens with zero attached hydrogens (tertiary/aromatic N) is 1. The Labute approximate surface area is 121 Å². The Morgan fingerprint density at radius 3 is 2.43 bits per heavy atom. The molecule has 1 saturated carbocycles. The van der Waals surface area contributed by atoms with Crippen LogP contribution in [0, 0.1) is 11.3 Å². The highest BCUT2D eigenvalue weighted by Gasteiger charge is 2.42. The maximum atomic E-state index is 12.6. The molecule has 1 aromatic carbocycles. The number of alkyl halides is 3. The Morgan fingerprint density at radius 2 is 1.95 bits per heavy atom. The van der Waals surface area contributed by atoms with Gasteiger partial charge in [-0.15, -0.1) is 0 Å². The Kier molecular flexibility index (Phi) is 4.55. The lowest BCUT2D eigenvalue weighted by molar-refractivity contribution is -0.217. The summed E-state index contributed by atoms with van der Waals surface area (Å²) in [6.07, 6.45) is -4.50. The van der Waals surface area contributed by atoms with Gasteiger partial charge in [0, 0.05) is 6.04 Å². The van der Waals surface area contributed by atoms with E-state index in [1.807, 2.05) is 0 Å². The minimum absolute atomic E-state index is 0.162. The maximum absolute atomic E-state index is 12.6. The maximum Gasteiger partial charge on any atom is 0.414 e. The number of nitrogens with one attached hydrogen (secondary N) is 1. The van der Waals surface area contributed by atoms with Crippen molar-refractivity contribution in [2.24, 2.45) is 0 Å². The summed E-state index contributed by atoms with van der Waals surface area (Å²) in [5, 5.41) is 12.7. The lowest BCUT2D eigenvalue weighted by atomic mass is 9.92. The van der Waals surface area contributed by atoms with Crippen LogP contribution in [0.2, 0.25) is 0 Å². The van der Waals surface area contributed by atoms with Gasteiger partial charge in [0.05, 0.1) is 12.7 Å². The molecule has 6 heteroatoms. The van der Waals surface area contributed by atoms with Crippen LogP contribution in [0.5, 0.6) is 0 Å². The summed E-state index contributed by atoms with van der Waals surface area (Å²) in [6, 6.07) is 11.0. The topological polar surface area (TPSA) is 45.0 Å². The summed E-state index contributed by atoms with van der Waals surface area (Å²) >= 11 is 0. The van der Waals surface area contributed by atoms with Gasteiger partial charge in [0.15, 0.2) is 11.6 Å². The summed E-state index contributed by atoms with van der Waals surface area (Å²) in [5.41, 5.74) is -0.629. The highest BCUT2D eigenvalue weighted by Crippen LogP contribution is 2.30. The highest BCUT2D eigenvalue weighted by atomic mass is 19.4. The summed E-state index contributed by atoms with van der Waals surface area (Å²) < 4.78 is 42.7. The van der Waals surface area contributed by atoms with Gasteiger partial charge >= 0.3 is 6.18 Å². The summed E-state index contributed by atoms with van der Waals surface area (Å²) in [5.74, 6) is 0. The third kappa shape index (κ3) is 3.96. The molecule has 2 rings (SSSR count). The van der Waals surface area contributed by atoms with Crippen molar-refractivity contribution in [3.05, 3.63) is 35.9 Å². The molecular formula is C15H17F3N2O. The van der Waals surface area contributed by atoms with E-state index in [0.29, 0.717) is 5.56 Å². The summed E-state index contributed by atoms with van der Waals surface area (Å²) in [4.78, 5) is 0. The molecule has 0 spiro atoms. The van der Waals surface area contributed by atoms with E-state index >= 15 is 0 Å². The Balaban J connectivity index is 2.18. The second kappa shape index (κ2) is 6.04. The van der Waals surface area contributed by atoms with Gasteiger partial charge < -0.3 is 4.74 Å². The molecule has 1 aliphatic carbocycles. The minimum atomic E-state index is -4.43. The van der Waals surface area contributed by atoms with Crippen molar-refractivity contribution >= 4 is 0 Å². The molecule has 0 aromatic heterocycles. The summed E-state index contributed by atoms with van der Waals surface area (Å²) in [7, 11) is 0. The average Bonchev–Trinajstić information content (AvgIpc) is 3.27. The molecule has 1 aromatic rings. The number of benzene rings is 1. The largest absolute Gasteiger partial charge is 0.414 e. The molecule has 0 heterocycles. The van der Waals surface area contributed by atoms with Crippen molar-refractivity contribution in [1.82, 2.24) is 5.32 Å². The molecule has 0 aliphatic heterocycles. The molecule has 0 amide bonds. The number of halogens is 3. The van der Waals surface area contributed by atoms with Gasteiger partial charge in [-0.1, -0.05) is 30.3 Å². The van der Waals surface area contributed by atoms with Crippen LogP contribution in [0.25, 0.3) is 0 Å². The molecule has 0 saturated heterocycles. The Hall–Kier alpha value is -1.58. The van der Waals surface area contributed by atoms with Crippen LogP contribution >= 0.6 is 0 Å². The fraction of sp³-hybridized carbons (Fsp3) is 0.533. The van der Waals surface area contributed by atoms with E-state index in [-0.39, 0.29) is 12.6 Å². The van der Waals surface area contributed by atoms with Crippen molar-refractivity contribution in [1.29, 1.82) is 5.26 Å². The van der Waals surface area contributed by atoms with Crippen LogP contribution in [0.1, 0.15) is 25.3 Å². The molecule has 0 radical (unpaired) electrons. The molecule has 1 aliphatic rings. The van der Waals surface area contributed by atoms with Gasteiger partial charge in [0.25, 0.3) is 0 Å². The lowest BCUT2D eigenvalue weighted by Gasteiger charge is -2.30. The zero-order chi connectivity index (χ0) is 15.5. The Morgan fingerprint density at radius 1 is 1.33 bits per heavy atom. The SMILES string of the molecule is CC(OCC(C#N)(NC1CC1)c1ccccc1)C(F)(F)F. The first-order chi connectivity index (χ1) is 9.87. The molecule has 2 unspecified atom stereocenters. The number of ether oxygens (including phenoxy) is 1. The second-order valence-corrected chi connectivity index (χ2v) is 5.30. The molecule has 1 fully saturated rings. The fourth-order valence-corrected chi connectivity index (χ4v) is 1.98. The summed E-state index contributed by atoms with van der Waals surface area (Å²) in [6.45, 7) is 0.606. The number of hydrogen-bond donors (Lipinski definition) is 1. The highest BCUT2D eigenvalue weighted by molar-refractivity contribution is 5.32. The number of rotatable bonds is 6. The van der Waals surface area contributed by atoms with Gasteiger partial charge in [-0.05, 0) is 25.3 Å². The van der Waals surface area contributed by atoms with E-state index in [9.17, 15) is 18.4 Å². The zero-order valence-electron chi connectivity index (χ0n) is 11.7. The molecule has 0 bridgehead atoms. The Bertz CT molecular complexity index is 508. The first-order valence-electron chi connectivity index (χ1n) is 6.80. The average molecular weight is 298 g/mol. The quantitative estimate of drug-likeness (QED) is 0.877. The zero-order valence-corrected chi connectivity index (χ0v) is 11.7. The van der Waals surface area contributed by atoms with Crippen LogP contribution in [0.3, 0.4) is 0 Å². The normalized spacial score (nSPS) is 19.6. The van der Waals surface area contributed by atoms with Crippen molar-refractivity contribution in [2.75, 3.05) is 6.61 Å². The van der Waals surface area contributed by atoms with Crippen molar-refractivity contribution in [2.45, 2.75) is 43.6 Å². The van der Waals surface area contributed by atoms with E-state index < -0.39 is 17.8 Å². The van der Waals surface area contributed by atoms with Crippen LogP contribution in [-0.4, -0.2) is 24.9 Å². The molecular weight excluding hydrogens is 281 g/mol. The second-order valence-electron chi connectivity index (χ2n) is 5.30. The van der Waals surface area contributed by atoms with Gasteiger partial charge in [0.2, 0.25) is 0 Å². The van der Waals surface area contributed by atoms with E-state index in [2.05, 4.69) is 11.4 Å². The third-order valence-corrected chi connectivity index (χ3v) is 3.50. The van der Waals surface area contributed by atoms with Crippen molar-refractivity contribution in [3.63, 3.8) is 0 Å². The minimum Gasteiger partial charge on any atom is -0.366 e. The van der Waals surface area contributed by atoms with Crippen LogP contribution in [-0.2, 0) is 10.3 Å². The standard InChI is InChI=1S/C15H17F3N2O/c1-11(15(16,17)18)21-10-14(9-19,20-13-7-8-13)12-5-3-2-4-6-12/h2-6,11,13,20H,7-8,10H2,1H3. The van der Waals surface area contributed by atoms with Crippen molar-refractivity contribution < 1.29 is 17.9 Å². The van der Waals surface area contributed by atoms with E-state index in [0.717, 1.165) is 19.8 Å². The first kappa shape index (κ1) is 15.8. The van der Waals surface area contributed by atoms with Gasteiger partial charge in [-0.2, -0.15) is 18.4 Å². The van der Waals surface area contributed by atoms with Gasteiger partial charge in [0.1, 0.15) is 0 Å². The first-order valence-corrected chi connectivity index (χ1v) is 6.80. The smallest absolute Gasteiger partial charge is 0.366 e. The predicted octanol–water partition coefficient (Wildman–Crippen LogP) is 3.12. The lowest BCUT2D eigenvalue weighted by Crippen LogP contribution is -2.48.